The van der Waals surface area contributed by atoms with E-state index in [1.165, 1.54) is 6.92 Å². The summed E-state index contributed by atoms with van der Waals surface area (Å²) in [7, 11) is 0. The van der Waals surface area contributed by atoms with Crippen LogP contribution in [-0.2, 0) is 14.3 Å². The van der Waals surface area contributed by atoms with Crippen LogP contribution in [0.15, 0.2) is 21.2 Å². The van der Waals surface area contributed by atoms with Crippen molar-refractivity contribution in [2.75, 3.05) is 19.8 Å². The van der Waals surface area contributed by atoms with E-state index in [9.17, 15) is 24.9 Å². The first-order valence-corrected chi connectivity index (χ1v) is 17.5. The van der Waals surface area contributed by atoms with Gasteiger partial charge in [-0.05, 0) is 115 Å². The number of aliphatic hydroxyl groups excluding tert-OH is 5. The maximum absolute atomic E-state index is 12.7. The highest BCUT2D eigenvalue weighted by Crippen LogP contribution is 2.74. The minimum atomic E-state index is -1.21. The molecule has 0 aromatic heterocycles. The predicted octanol–water partition coefficient (Wildman–Crippen LogP) is 4.05. The first-order valence-electron chi connectivity index (χ1n) is 16.7. The molecule has 10 nitrogen and oxygen atoms in total. The van der Waals surface area contributed by atoms with E-state index in [0.29, 0.717) is 42.7 Å². The maximum atomic E-state index is 12.7. The van der Waals surface area contributed by atoms with Gasteiger partial charge in [0.15, 0.2) is 0 Å². The van der Waals surface area contributed by atoms with E-state index in [-0.39, 0.29) is 40.1 Å². The molecule has 4 saturated carbocycles. The fourth-order valence-electron chi connectivity index (χ4n) is 9.92. The summed E-state index contributed by atoms with van der Waals surface area (Å²) in [5.41, 5.74) is 5.39. The molecule has 10 atom stereocenters. The number of carbonyl (C=O) groups excluding carboxylic acids is 1. The fourth-order valence-corrected chi connectivity index (χ4v) is 10.1. The van der Waals surface area contributed by atoms with Gasteiger partial charge in [0.25, 0.3) is 0 Å². The number of carbonyl (C=O) groups is 2. The van der Waals surface area contributed by atoms with E-state index in [4.69, 9.17) is 25.8 Å². The van der Waals surface area contributed by atoms with Crippen molar-refractivity contribution in [3.63, 3.8) is 0 Å². The average molecular weight is 717 g/mol. The second-order valence-electron chi connectivity index (χ2n) is 15.6. The summed E-state index contributed by atoms with van der Waals surface area (Å²) in [4.78, 5) is 25.0. The van der Waals surface area contributed by atoms with E-state index in [2.05, 4.69) is 43.6 Å². The molecular weight excluding hydrogens is 658 g/mol. The maximum Gasteiger partial charge on any atom is 0.331 e. The van der Waals surface area contributed by atoms with Gasteiger partial charge >= 0.3 is 11.9 Å². The molecule has 4 aliphatic rings. The lowest BCUT2D eigenvalue weighted by Crippen LogP contribution is -2.65. The lowest BCUT2D eigenvalue weighted by molar-refractivity contribution is -0.234. The van der Waals surface area contributed by atoms with Crippen molar-refractivity contribution >= 4 is 27.9 Å². The number of hydrogen-bond donors (Lipinski definition) is 7. The molecule has 1 unspecified atom stereocenters. The first kappa shape index (κ1) is 39.1. The molecule has 0 aromatic rings. The third kappa shape index (κ3) is 7.03. The second-order valence-corrected chi connectivity index (χ2v) is 16.5. The largest absolute Gasteiger partial charge is 0.478 e. The summed E-state index contributed by atoms with van der Waals surface area (Å²) in [5, 5.41) is 58.0. The van der Waals surface area contributed by atoms with Gasteiger partial charge in [0.1, 0.15) is 6.10 Å². The number of aliphatic hydroxyl groups is 5. The van der Waals surface area contributed by atoms with Crippen LogP contribution in [0.1, 0.15) is 99.8 Å². The smallest absolute Gasteiger partial charge is 0.331 e. The third-order valence-corrected chi connectivity index (χ3v) is 13.9. The molecule has 0 saturated heterocycles. The molecule has 4 aliphatic carbocycles. The molecule has 46 heavy (non-hydrogen) atoms. The summed E-state index contributed by atoms with van der Waals surface area (Å²) in [6.07, 6.45) is 3.99. The molecule has 0 spiro atoms. The Kier molecular flexibility index (Phi) is 12.4. The lowest BCUT2D eigenvalue weighted by atomic mass is 9.36. The molecule has 0 aliphatic heterocycles. The number of aliphatic carboxylic acids is 1. The van der Waals surface area contributed by atoms with E-state index >= 15 is 0 Å². The van der Waals surface area contributed by atoms with Crippen LogP contribution in [0.2, 0.25) is 0 Å². The summed E-state index contributed by atoms with van der Waals surface area (Å²) >= 11 is 3.60. The quantitative estimate of drug-likeness (QED) is 0.143. The van der Waals surface area contributed by atoms with Gasteiger partial charge < -0.3 is 41.1 Å². The van der Waals surface area contributed by atoms with Crippen molar-refractivity contribution < 1.29 is 45.0 Å². The zero-order valence-electron chi connectivity index (χ0n) is 28.7. The van der Waals surface area contributed by atoms with Crippen molar-refractivity contribution in [3.05, 3.63) is 21.2 Å². The van der Waals surface area contributed by atoms with Crippen LogP contribution < -0.4 is 5.73 Å². The van der Waals surface area contributed by atoms with Crippen molar-refractivity contribution in [3.8, 4) is 0 Å². The number of fused-ring (bicyclic) bond motifs is 5. The van der Waals surface area contributed by atoms with Gasteiger partial charge in [-0.1, -0.05) is 49.2 Å². The van der Waals surface area contributed by atoms with Crippen LogP contribution in [0.5, 0.6) is 0 Å². The van der Waals surface area contributed by atoms with Crippen LogP contribution in [0.3, 0.4) is 0 Å². The molecule has 0 radical (unpaired) electrons. The highest BCUT2D eigenvalue weighted by atomic mass is 79.9. The Morgan fingerprint density at radius 3 is 2.02 bits per heavy atom. The van der Waals surface area contributed by atoms with Crippen LogP contribution in [0.25, 0.3) is 0 Å². The Balaban J connectivity index is 0.000000637. The topological polar surface area (TPSA) is 191 Å². The van der Waals surface area contributed by atoms with Crippen molar-refractivity contribution in [2.24, 2.45) is 45.7 Å². The Morgan fingerprint density at radius 2 is 1.54 bits per heavy atom. The van der Waals surface area contributed by atoms with Crippen LogP contribution in [0.4, 0.5) is 0 Å². The number of ether oxygens (including phenoxy) is 1. The Morgan fingerprint density at radius 1 is 0.957 bits per heavy atom. The summed E-state index contributed by atoms with van der Waals surface area (Å²) in [6, 6.07) is 0. The van der Waals surface area contributed by atoms with Crippen molar-refractivity contribution in [2.45, 2.75) is 124 Å². The number of rotatable bonds is 8. The van der Waals surface area contributed by atoms with Gasteiger partial charge in [0.2, 0.25) is 0 Å². The van der Waals surface area contributed by atoms with Crippen LogP contribution >= 0.6 is 15.9 Å². The molecule has 4 fully saturated rings. The minimum Gasteiger partial charge on any atom is -0.478 e. The van der Waals surface area contributed by atoms with Crippen molar-refractivity contribution in [1.82, 2.24) is 0 Å². The van der Waals surface area contributed by atoms with Gasteiger partial charge in [0.05, 0.1) is 37.6 Å². The number of carboxylic acids is 1. The van der Waals surface area contributed by atoms with Crippen LogP contribution in [-0.4, -0.2) is 86.2 Å². The number of esters is 1. The van der Waals surface area contributed by atoms with E-state index < -0.39 is 49.5 Å². The molecule has 0 heterocycles. The second kappa shape index (κ2) is 14.6. The van der Waals surface area contributed by atoms with Gasteiger partial charge in [-0.3, -0.25) is 4.79 Å². The lowest BCUT2D eigenvalue weighted by Gasteiger charge is -2.69. The zero-order valence-corrected chi connectivity index (χ0v) is 30.3. The predicted molar refractivity (Wildman–Crippen MR) is 179 cm³/mol. The number of halogens is 1. The van der Waals surface area contributed by atoms with E-state index in [1.807, 2.05) is 13.8 Å². The molecule has 0 amide bonds. The minimum absolute atomic E-state index is 0.0374. The van der Waals surface area contributed by atoms with Crippen molar-refractivity contribution in [1.29, 1.82) is 0 Å². The Labute approximate surface area is 282 Å². The molecule has 8 N–H and O–H groups in total. The SMILES string of the molecule is CC(=O)O[C@H]1C[C@@]2(C)[C@H](C[C@@H](O)[C@@H]3[C@@]4(C)CC[C@@H](O)[C@@H](C)C4CC[C@@]32C)C1=C(CCC(Br)=C(C)C)C(=O)O.NC(CO)(CO)CO. The molecule has 0 bridgehead atoms. The first-order chi connectivity index (χ1) is 21.3. The molecule has 11 heteroatoms. The monoisotopic (exact) mass is 715 g/mol. The fraction of sp³-hybridized carbons (Fsp3) is 0.829. The summed E-state index contributed by atoms with van der Waals surface area (Å²) in [6.45, 7) is 13.2. The van der Waals surface area contributed by atoms with Gasteiger partial charge in [-0.2, -0.15) is 0 Å². The molecule has 0 aromatic carbocycles. The number of hydrogen-bond acceptors (Lipinski definition) is 9. The normalized spacial score (nSPS) is 39.6. The molecule has 264 valence electrons. The zero-order chi connectivity index (χ0) is 35.0. The highest BCUT2D eigenvalue weighted by Gasteiger charge is 2.70. The van der Waals surface area contributed by atoms with Gasteiger partial charge in [0, 0.05) is 12.5 Å². The molecule has 4 rings (SSSR count). The number of allylic oxidation sites excluding steroid dienone is 2. The van der Waals surface area contributed by atoms with Gasteiger partial charge in [-0.25, -0.2) is 4.79 Å². The number of carboxylic acid groups (broad SMARTS) is 1. The Bertz CT molecular complexity index is 1190. The number of nitrogens with two attached hydrogens (primary N) is 1. The van der Waals surface area contributed by atoms with Crippen LogP contribution in [0, 0.1) is 39.9 Å². The van der Waals surface area contributed by atoms with Gasteiger partial charge in [-0.15, -0.1) is 0 Å². The van der Waals surface area contributed by atoms with E-state index in [1.54, 1.807) is 0 Å². The average Bonchev–Trinajstić information content (AvgIpc) is 3.26. The Hall–Kier alpha value is -1.34. The molecular formula is C35H58BrNO9. The standard InChI is InChI=1S/C31H47BrO6.C4H11NO3/c1-16(2)22(32)9-8-19(28(36)37)26-21-14-24(35)27-29(5)12-11-23(34)17(3)20(29)10-13-30(27,6)31(21,7)15-25(26)38-18(4)33;5-4(1-6,2-7)3-8/h17,20-21,23-25,27,34-35H,8-15H2,1-7H3,(H,36,37);6-8H,1-3,5H2/t17-,20?,21+,23+,24+,25-,27+,29-,30-,31-;/m0./s1. The third-order valence-electron chi connectivity index (χ3n) is 12.7. The summed E-state index contributed by atoms with van der Waals surface area (Å²) in [5.74, 6) is -0.977. The highest BCUT2D eigenvalue weighted by molar-refractivity contribution is 9.11. The van der Waals surface area contributed by atoms with E-state index in [0.717, 1.165) is 35.7 Å². The summed E-state index contributed by atoms with van der Waals surface area (Å²) < 4.78 is 6.87.